The number of halogens is 3. The van der Waals surface area contributed by atoms with Crippen LogP contribution in [0, 0.1) is 0 Å². The van der Waals surface area contributed by atoms with Gasteiger partial charge in [-0.05, 0) is 54.6 Å². The lowest BCUT2D eigenvalue weighted by molar-refractivity contribution is -0.137. The number of alkyl halides is 3. The van der Waals surface area contributed by atoms with Gasteiger partial charge in [-0.25, -0.2) is 4.98 Å². The van der Waals surface area contributed by atoms with Gasteiger partial charge in [0, 0.05) is 16.5 Å². The molecule has 0 saturated carbocycles. The summed E-state index contributed by atoms with van der Waals surface area (Å²) in [6.45, 7) is 0. The van der Waals surface area contributed by atoms with Gasteiger partial charge in [0.25, 0.3) is 5.91 Å². The van der Waals surface area contributed by atoms with Gasteiger partial charge in [0.15, 0.2) is 0 Å². The molecule has 1 amide bonds. The lowest BCUT2D eigenvalue weighted by Crippen LogP contribution is -2.10. The number of fused-ring (bicyclic) bond motifs is 2. The number of benzene rings is 2. The summed E-state index contributed by atoms with van der Waals surface area (Å²) in [4.78, 5) is 18.2. The van der Waals surface area contributed by atoms with E-state index in [1.54, 1.807) is 13.2 Å². The molecule has 2 heterocycles. The van der Waals surface area contributed by atoms with Crippen molar-refractivity contribution in [3.05, 3.63) is 65.0 Å². The fraction of sp³-hybridized carbons (Fsp3) is 0.100. The van der Waals surface area contributed by atoms with Crippen molar-refractivity contribution in [1.82, 2.24) is 4.98 Å². The fourth-order valence-electron chi connectivity index (χ4n) is 2.79. The van der Waals surface area contributed by atoms with Gasteiger partial charge in [0.2, 0.25) is 0 Å². The molecule has 0 aliphatic heterocycles. The van der Waals surface area contributed by atoms with E-state index < -0.39 is 17.6 Å². The first kappa shape index (κ1) is 18.2. The van der Waals surface area contributed by atoms with E-state index in [1.807, 2.05) is 24.3 Å². The number of anilines is 1. The van der Waals surface area contributed by atoms with Crippen LogP contribution in [0.25, 0.3) is 21.1 Å². The van der Waals surface area contributed by atoms with Gasteiger partial charge in [-0.3, -0.25) is 4.79 Å². The molecule has 2 aromatic heterocycles. The Balaban J connectivity index is 1.61. The number of nitrogens with one attached hydrogen (secondary N) is 1. The first-order chi connectivity index (χ1) is 13.3. The molecule has 0 spiro atoms. The fourth-order valence-corrected chi connectivity index (χ4v) is 3.70. The van der Waals surface area contributed by atoms with Crippen LogP contribution in [0.3, 0.4) is 0 Å². The number of carbonyl (C=O) groups is 1. The zero-order valence-electron chi connectivity index (χ0n) is 14.5. The average Bonchev–Trinajstić information content (AvgIpc) is 3.08. The summed E-state index contributed by atoms with van der Waals surface area (Å²) in [5.74, 6) is 0.313. The minimum Gasteiger partial charge on any atom is -0.497 e. The number of carbonyl (C=O) groups excluding carboxylic acids is 1. The molecule has 0 aliphatic carbocycles. The normalized spacial score (nSPS) is 11.7. The van der Waals surface area contributed by atoms with Crippen LogP contribution in [0.1, 0.15) is 15.2 Å². The van der Waals surface area contributed by atoms with E-state index >= 15 is 0 Å². The van der Waals surface area contributed by atoms with E-state index in [1.165, 1.54) is 23.5 Å². The summed E-state index contributed by atoms with van der Waals surface area (Å²) >= 11 is 1.22. The second-order valence-corrected chi connectivity index (χ2v) is 7.11. The maximum atomic E-state index is 12.6. The Hall–Kier alpha value is -3.13. The number of hydrogen-bond acceptors (Lipinski definition) is 4. The van der Waals surface area contributed by atoms with Crippen molar-refractivity contribution in [3.8, 4) is 5.75 Å². The predicted molar refractivity (Wildman–Crippen MR) is 103 cm³/mol. The van der Waals surface area contributed by atoms with Crippen molar-refractivity contribution in [1.29, 1.82) is 0 Å². The van der Waals surface area contributed by atoms with Crippen LogP contribution < -0.4 is 10.1 Å². The van der Waals surface area contributed by atoms with Crippen LogP contribution in [0.4, 0.5) is 18.9 Å². The van der Waals surface area contributed by atoms with Gasteiger partial charge in [0.05, 0.1) is 23.1 Å². The molecule has 0 aliphatic rings. The highest BCUT2D eigenvalue weighted by Gasteiger charge is 2.30. The molecule has 28 heavy (non-hydrogen) atoms. The molecule has 0 atom stereocenters. The van der Waals surface area contributed by atoms with Crippen molar-refractivity contribution in [2.24, 2.45) is 0 Å². The quantitative estimate of drug-likeness (QED) is 0.476. The van der Waals surface area contributed by atoms with Gasteiger partial charge in [-0.1, -0.05) is 0 Å². The van der Waals surface area contributed by atoms with Crippen molar-refractivity contribution < 1.29 is 22.7 Å². The highest BCUT2D eigenvalue weighted by molar-refractivity contribution is 7.20. The summed E-state index contributed by atoms with van der Waals surface area (Å²) < 4.78 is 43.1. The minimum absolute atomic E-state index is 0.290. The van der Waals surface area contributed by atoms with E-state index in [0.29, 0.717) is 21.1 Å². The highest BCUT2D eigenvalue weighted by Crippen LogP contribution is 2.31. The number of thiophene rings is 1. The molecule has 2 aromatic carbocycles. The number of aromatic nitrogens is 1. The summed E-state index contributed by atoms with van der Waals surface area (Å²) in [6, 6.07) is 13.5. The molecule has 4 nitrogen and oxygen atoms in total. The van der Waals surface area contributed by atoms with Crippen molar-refractivity contribution in [2.75, 3.05) is 12.4 Å². The lowest BCUT2D eigenvalue weighted by Gasteiger charge is -2.08. The largest absolute Gasteiger partial charge is 0.497 e. The molecule has 4 rings (SSSR count). The molecule has 0 saturated heterocycles. The Labute approximate surface area is 161 Å². The summed E-state index contributed by atoms with van der Waals surface area (Å²) in [6.07, 6.45) is -4.41. The number of nitrogens with zero attached hydrogens (tertiary/aromatic N) is 1. The molecule has 0 fully saturated rings. The molecule has 8 heteroatoms. The van der Waals surface area contributed by atoms with Gasteiger partial charge in [-0.15, -0.1) is 11.3 Å². The molecule has 0 unspecified atom stereocenters. The van der Waals surface area contributed by atoms with Crippen LogP contribution in [0.5, 0.6) is 5.75 Å². The second-order valence-electron chi connectivity index (χ2n) is 6.08. The monoisotopic (exact) mass is 402 g/mol. The number of pyridine rings is 1. The molecule has 0 bridgehead atoms. The predicted octanol–water partition coefficient (Wildman–Crippen LogP) is 5.73. The minimum atomic E-state index is -4.41. The van der Waals surface area contributed by atoms with E-state index in [2.05, 4.69) is 10.3 Å². The first-order valence-corrected chi connectivity index (χ1v) is 9.02. The van der Waals surface area contributed by atoms with E-state index in [0.717, 1.165) is 28.4 Å². The van der Waals surface area contributed by atoms with Crippen molar-refractivity contribution >= 4 is 44.1 Å². The molecule has 1 N–H and O–H groups in total. The third-order valence-corrected chi connectivity index (χ3v) is 5.25. The molecule has 142 valence electrons. The number of ether oxygens (including phenoxy) is 1. The highest BCUT2D eigenvalue weighted by atomic mass is 32.1. The summed E-state index contributed by atoms with van der Waals surface area (Å²) in [5.41, 5.74) is 0.307. The maximum absolute atomic E-state index is 12.6. The Morgan fingerprint density at radius 2 is 1.79 bits per heavy atom. The van der Waals surface area contributed by atoms with Crippen molar-refractivity contribution in [2.45, 2.75) is 6.18 Å². The van der Waals surface area contributed by atoms with Gasteiger partial charge < -0.3 is 10.1 Å². The SMILES string of the molecule is COc1ccc2nc3sc(C(=O)Nc4ccc(C(F)(F)F)cc4)cc3cc2c1. The Morgan fingerprint density at radius 1 is 1.04 bits per heavy atom. The molecular weight excluding hydrogens is 389 g/mol. The van der Waals surface area contributed by atoms with Crippen LogP contribution >= 0.6 is 11.3 Å². The van der Waals surface area contributed by atoms with E-state index in [-0.39, 0.29) is 0 Å². The summed E-state index contributed by atoms with van der Waals surface area (Å²) in [7, 11) is 1.58. The van der Waals surface area contributed by atoms with Gasteiger partial charge in [-0.2, -0.15) is 13.2 Å². The van der Waals surface area contributed by atoms with Gasteiger partial charge in [0.1, 0.15) is 10.6 Å². The van der Waals surface area contributed by atoms with Crippen LogP contribution in [0.15, 0.2) is 54.6 Å². The number of hydrogen-bond donors (Lipinski definition) is 1. The van der Waals surface area contributed by atoms with Crippen LogP contribution in [-0.4, -0.2) is 18.0 Å². The second kappa shape index (κ2) is 6.79. The van der Waals surface area contributed by atoms with Crippen LogP contribution in [-0.2, 0) is 6.18 Å². The molecule has 4 aromatic rings. The third-order valence-electron chi connectivity index (χ3n) is 4.20. The van der Waals surface area contributed by atoms with Crippen molar-refractivity contribution in [3.63, 3.8) is 0 Å². The zero-order valence-corrected chi connectivity index (χ0v) is 15.3. The smallest absolute Gasteiger partial charge is 0.416 e. The van der Waals surface area contributed by atoms with E-state index in [4.69, 9.17) is 4.74 Å². The topological polar surface area (TPSA) is 51.2 Å². The van der Waals surface area contributed by atoms with Crippen LogP contribution in [0.2, 0.25) is 0 Å². The molecule has 0 radical (unpaired) electrons. The zero-order chi connectivity index (χ0) is 19.9. The lowest BCUT2D eigenvalue weighted by atomic mass is 10.2. The Morgan fingerprint density at radius 3 is 2.46 bits per heavy atom. The summed E-state index contributed by atoms with van der Waals surface area (Å²) in [5, 5.41) is 4.31. The maximum Gasteiger partial charge on any atom is 0.416 e. The Bertz CT molecular complexity index is 1180. The van der Waals surface area contributed by atoms with E-state index in [9.17, 15) is 18.0 Å². The standard InChI is InChI=1S/C20H13F3N2O2S/c1-27-15-6-7-16-11(9-15)8-12-10-17(28-19(12)25-16)18(26)24-14-4-2-13(3-5-14)20(21,22)23/h2-10H,1H3,(H,24,26). The third kappa shape index (κ3) is 3.50. The number of rotatable bonds is 3. The molecular formula is C20H13F3N2O2S. The van der Waals surface area contributed by atoms with Gasteiger partial charge >= 0.3 is 6.18 Å². The first-order valence-electron chi connectivity index (χ1n) is 8.20. The number of amides is 1. The Kier molecular flexibility index (Phi) is 4.43. The number of methoxy groups -OCH3 is 1. The average molecular weight is 402 g/mol.